The number of rotatable bonds is 6. The lowest BCUT2D eigenvalue weighted by atomic mass is 10.1. The van der Waals surface area contributed by atoms with E-state index in [0.29, 0.717) is 30.3 Å². The average Bonchev–Trinajstić information content (AvgIpc) is 3.36. The number of benzene rings is 1. The van der Waals surface area contributed by atoms with E-state index in [9.17, 15) is 4.79 Å². The Hall–Kier alpha value is -3.03. The molecule has 26 heavy (non-hydrogen) atoms. The summed E-state index contributed by atoms with van der Waals surface area (Å²) in [6.45, 7) is 1.32. The van der Waals surface area contributed by atoms with E-state index in [1.165, 1.54) is 0 Å². The number of amides is 1. The van der Waals surface area contributed by atoms with Crippen LogP contribution in [-0.2, 0) is 4.79 Å². The first kappa shape index (κ1) is 17.8. The van der Waals surface area contributed by atoms with Gasteiger partial charge in [-0.2, -0.15) is 0 Å². The van der Waals surface area contributed by atoms with E-state index in [0.717, 1.165) is 12.0 Å². The minimum atomic E-state index is -0.0404. The van der Waals surface area contributed by atoms with Gasteiger partial charge in [0.25, 0.3) is 0 Å². The molecular formula is C18H22N4O4. The van der Waals surface area contributed by atoms with Gasteiger partial charge in [-0.05, 0) is 30.2 Å². The van der Waals surface area contributed by atoms with E-state index >= 15 is 0 Å². The number of hydrogen-bond acceptors (Lipinski definition) is 6. The van der Waals surface area contributed by atoms with Gasteiger partial charge in [0.1, 0.15) is 0 Å². The second kappa shape index (κ2) is 7.90. The third kappa shape index (κ3) is 3.63. The molecule has 8 heteroatoms. The molecule has 1 aliphatic rings. The second-order valence-electron chi connectivity index (χ2n) is 5.90. The van der Waals surface area contributed by atoms with E-state index < -0.39 is 0 Å². The molecule has 1 fully saturated rings. The molecule has 1 aliphatic heterocycles. The summed E-state index contributed by atoms with van der Waals surface area (Å²) in [5, 5.41) is 7.83. The maximum absolute atomic E-state index is 12.5. The molecule has 1 aromatic carbocycles. The Morgan fingerprint density at radius 1 is 1.19 bits per heavy atom. The topological polar surface area (TPSA) is 78.7 Å². The number of carbonyl (C=O) groups excluding carboxylic acids is 1. The fourth-order valence-electron chi connectivity index (χ4n) is 3.04. The summed E-state index contributed by atoms with van der Waals surface area (Å²) in [7, 11) is 4.67. The smallest absolute Gasteiger partial charge is 0.246 e. The Morgan fingerprint density at radius 2 is 1.92 bits per heavy atom. The van der Waals surface area contributed by atoms with Crippen molar-refractivity contribution in [3.8, 4) is 17.2 Å². The molecule has 3 rings (SSSR count). The van der Waals surface area contributed by atoms with Crippen LogP contribution in [0, 0.1) is 0 Å². The Kier molecular flexibility index (Phi) is 5.40. The molecule has 1 aromatic heterocycles. The van der Waals surface area contributed by atoms with Gasteiger partial charge in [-0.25, -0.2) is 4.68 Å². The molecule has 0 radical (unpaired) electrons. The number of carbonyl (C=O) groups is 1. The van der Waals surface area contributed by atoms with Crippen molar-refractivity contribution in [1.29, 1.82) is 0 Å². The predicted molar refractivity (Wildman–Crippen MR) is 95.4 cm³/mol. The monoisotopic (exact) mass is 358 g/mol. The van der Waals surface area contributed by atoms with Crippen LogP contribution in [0.2, 0.25) is 0 Å². The van der Waals surface area contributed by atoms with E-state index in [4.69, 9.17) is 14.2 Å². The van der Waals surface area contributed by atoms with Crippen LogP contribution in [0.4, 0.5) is 0 Å². The number of methoxy groups -OCH3 is 3. The summed E-state index contributed by atoms with van der Waals surface area (Å²) in [6.07, 6.45) is 7.65. The van der Waals surface area contributed by atoms with Crippen molar-refractivity contribution >= 4 is 12.0 Å². The lowest BCUT2D eigenvalue weighted by Gasteiger charge is -2.15. The number of ether oxygens (including phenoxy) is 3. The molecule has 8 nitrogen and oxygen atoms in total. The van der Waals surface area contributed by atoms with Gasteiger partial charge in [-0.3, -0.25) is 4.79 Å². The van der Waals surface area contributed by atoms with Gasteiger partial charge in [0.05, 0.1) is 33.6 Å². The number of nitrogens with zero attached hydrogens (tertiary/aromatic N) is 4. The van der Waals surface area contributed by atoms with Crippen LogP contribution < -0.4 is 14.2 Å². The van der Waals surface area contributed by atoms with Gasteiger partial charge < -0.3 is 19.1 Å². The second-order valence-corrected chi connectivity index (χ2v) is 5.90. The molecule has 1 saturated heterocycles. The third-order valence-corrected chi connectivity index (χ3v) is 4.40. The number of aromatic nitrogens is 3. The summed E-state index contributed by atoms with van der Waals surface area (Å²) in [6, 6.07) is 3.77. The van der Waals surface area contributed by atoms with Crippen molar-refractivity contribution in [3.05, 3.63) is 36.2 Å². The molecule has 1 unspecified atom stereocenters. The highest BCUT2D eigenvalue weighted by Crippen LogP contribution is 2.38. The average molecular weight is 358 g/mol. The Morgan fingerprint density at radius 3 is 2.50 bits per heavy atom. The zero-order valence-electron chi connectivity index (χ0n) is 15.1. The van der Waals surface area contributed by atoms with Crippen molar-refractivity contribution in [3.63, 3.8) is 0 Å². The van der Waals surface area contributed by atoms with E-state index in [-0.39, 0.29) is 11.9 Å². The van der Waals surface area contributed by atoms with Crippen LogP contribution in [0.25, 0.3) is 6.08 Å². The summed E-state index contributed by atoms with van der Waals surface area (Å²) >= 11 is 0. The van der Waals surface area contributed by atoms with Crippen molar-refractivity contribution in [2.24, 2.45) is 0 Å². The maximum atomic E-state index is 12.5. The van der Waals surface area contributed by atoms with Crippen LogP contribution in [0.5, 0.6) is 17.2 Å². The van der Waals surface area contributed by atoms with Gasteiger partial charge in [0.15, 0.2) is 11.5 Å². The van der Waals surface area contributed by atoms with Crippen molar-refractivity contribution in [2.45, 2.75) is 12.5 Å². The summed E-state index contributed by atoms with van der Waals surface area (Å²) < 4.78 is 17.8. The van der Waals surface area contributed by atoms with Crippen LogP contribution in [-0.4, -0.2) is 60.2 Å². The molecular weight excluding hydrogens is 336 g/mol. The Labute approximate surface area is 151 Å². The van der Waals surface area contributed by atoms with Gasteiger partial charge in [-0.15, -0.1) is 5.10 Å². The fraction of sp³-hybridized carbons (Fsp3) is 0.389. The summed E-state index contributed by atoms with van der Waals surface area (Å²) in [5.74, 6) is 1.58. The Balaban J connectivity index is 1.70. The normalized spacial score (nSPS) is 16.9. The van der Waals surface area contributed by atoms with E-state index in [1.807, 2.05) is 6.20 Å². The Bertz CT molecular complexity index is 763. The van der Waals surface area contributed by atoms with Crippen LogP contribution in [0.1, 0.15) is 18.0 Å². The van der Waals surface area contributed by atoms with E-state index in [2.05, 4.69) is 10.3 Å². The molecule has 0 N–H and O–H groups in total. The number of hydrogen-bond donors (Lipinski definition) is 0. The molecule has 0 saturated carbocycles. The van der Waals surface area contributed by atoms with Crippen LogP contribution >= 0.6 is 0 Å². The number of likely N-dealkylation sites (tertiary alicyclic amines) is 1. The SMILES string of the molecule is COc1cc(/C=C/C(=O)N2CCC(n3ccnn3)C2)cc(OC)c1OC. The van der Waals surface area contributed by atoms with Gasteiger partial charge in [0.2, 0.25) is 11.7 Å². The molecule has 0 aliphatic carbocycles. The standard InChI is InChI=1S/C18H22N4O4/c1-24-15-10-13(11-16(25-2)18(15)26-3)4-5-17(23)21-8-6-14(12-21)22-9-7-19-20-22/h4-5,7,9-11,14H,6,8,12H2,1-3H3/b5-4+. The van der Waals surface area contributed by atoms with Crippen molar-refractivity contribution in [2.75, 3.05) is 34.4 Å². The van der Waals surface area contributed by atoms with Gasteiger partial charge in [-0.1, -0.05) is 5.21 Å². The zero-order valence-corrected chi connectivity index (χ0v) is 15.1. The molecule has 1 atom stereocenters. The maximum Gasteiger partial charge on any atom is 0.246 e. The highest BCUT2D eigenvalue weighted by Gasteiger charge is 2.26. The first-order valence-corrected chi connectivity index (χ1v) is 8.29. The molecule has 0 spiro atoms. The molecule has 2 aromatic rings. The molecule has 0 bridgehead atoms. The van der Waals surface area contributed by atoms with Crippen molar-refractivity contribution < 1.29 is 19.0 Å². The molecule has 2 heterocycles. The lowest BCUT2D eigenvalue weighted by molar-refractivity contribution is -0.125. The lowest BCUT2D eigenvalue weighted by Crippen LogP contribution is -2.27. The van der Waals surface area contributed by atoms with Gasteiger partial charge >= 0.3 is 0 Å². The first-order valence-electron chi connectivity index (χ1n) is 8.29. The predicted octanol–water partition coefficient (Wildman–Crippen LogP) is 1.79. The molecule has 138 valence electrons. The van der Waals surface area contributed by atoms with Crippen LogP contribution in [0.3, 0.4) is 0 Å². The summed E-state index contributed by atoms with van der Waals surface area (Å²) in [4.78, 5) is 14.3. The van der Waals surface area contributed by atoms with Crippen LogP contribution in [0.15, 0.2) is 30.6 Å². The molecule has 1 amide bonds. The first-order chi connectivity index (χ1) is 12.7. The third-order valence-electron chi connectivity index (χ3n) is 4.40. The minimum absolute atomic E-state index is 0.0404. The fourth-order valence-corrected chi connectivity index (χ4v) is 3.04. The highest BCUT2D eigenvalue weighted by molar-refractivity contribution is 5.92. The van der Waals surface area contributed by atoms with Gasteiger partial charge in [0, 0.05) is 25.4 Å². The minimum Gasteiger partial charge on any atom is -0.493 e. The highest BCUT2D eigenvalue weighted by atomic mass is 16.5. The summed E-state index contributed by atoms with van der Waals surface area (Å²) in [5.41, 5.74) is 0.792. The largest absolute Gasteiger partial charge is 0.493 e. The van der Waals surface area contributed by atoms with E-state index in [1.54, 1.807) is 61.4 Å². The quantitative estimate of drug-likeness (QED) is 0.733. The van der Waals surface area contributed by atoms with Crippen molar-refractivity contribution in [1.82, 2.24) is 19.9 Å². The zero-order chi connectivity index (χ0) is 18.5.